The van der Waals surface area contributed by atoms with Crippen LogP contribution in [0.15, 0.2) is 87.7 Å². The van der Waals surface area contributed by atoms with Crippen LogP contribution in [0.4, 0.5) is 5.69 Å². The zero-order chi connectivity index (χ0) is 23.1. The van der Waals surface area contributed by atoms with E-state index >= 15 is 0 Å². The van der Waals surface area contributed by atoms with Crippen LogP contribution in [-0.4, -0.2) is 28.8 Å². The third kappa shape index (κ3) is 2.38. The summed E-state index contributed by atoms with van der Waals surface area (Å²) in [4.78, 5) is 57.9. The molecular formula is C28H14NO4S+. The van der Waals surface area contributed by atoms with Gasteiger partial charge >= 0.3 is 0 Å². The molecule has 3 aliphatic carbocycles. The highest BCUT2D eigenvalue weighted by molar-refractivity contribution is 8.04. The Hall–Kier alpha value is -4.16. The number of ketones is 4. The van der Waals surface area contributed by atoms with Gasteiger partial charge in [0.05, 0.1) is 21.8 Å². The Morgan fingerprint density at radius 2 is 1.26 bits per heavy atom. The van der Waals surface area contributed by atoms with Crippen LogP contribution >= 0.6 is 11.8 Å². The number of allylic oxidation sites excluding steroid dienone is 4. The molecule has 0 spiro atoms. The molecule has 0 aromatic heterocycles. The summed E-state index contributed by atoms with van der Waals surface area (Å²) in [6.07, 6.45) is 2.20. The number of hydrogen-bond donors (Lipinski definition) is 1. The van der Waals surface area contributed by atoms with Crippen LogP contribution in [0.1, 0.15) is 59.0 Å². The molecule has 0 fully saturated rings. The second kappa shape index (κ2) is 6.68. The predicted molar refractivity (Wildman–Crippen MR) is 126 cm³/mol. The van der Waals surface area contributed by atoms with Crippen molar-refractivity contribution < 1.29 is 24.2 Å². The zero-order valence-electron chi connectivity index (χ0n) is 17.6. The van der Waals surface area contributed by atoms with Gasteiger partial charge in [-0.2, -0.15) is 0 Å². The Balaban J connectivity index is 1.43. The lowest BCUT2D eigenvalue weighted by molar-refractivity contribution is -0.358. The van der Waals surface area contributed by atoms with E-state index in [0.717, 1.165) is 10.6 Å². The van der Waals surface area contributed by atoms with Crippen molar-refractivity contribution in [3.63, 3.8) is 0 Å². The molecule has 34 heavy (non-hydrogen) atoms. The van der Waals surface area contributed by atoms with Crippen molar-refractivity contribution in [3.8, 4) is 0 Å². The Kier molecular flexibility index (Phi) is 3.80. The lowest BCUT2D eigenvalue weighted by atomic mass is 9.78. The summed E-state index contributed by atoms with van der Waals surface area (Å²) in [5, 5.41) is 0. The van der Waals surface area contributed by atoms with Gasteiger partial charge in [-0.1, -0.05) is 66.4 Å². The Morgan fingerprint density at radius 1 is 0.647 bits per heavy atom. The Morgan fingerprint density at radius 3 is 1.97 bits per heavy atom. The normalized spacial score (nSPS) is 17.6. The summed E-state index contributed by atoms with van der Waals surface area (Å²) in [6, 6.07) is 17.2. The van der Waals surface area contributed by atoms with E-state index in [9.17, 15) is 19.2 Å². The highest BCUT2D eigenvalue weighted by Crippen LogP contribution is 2.45. The third-order valence-corrected chi connectivity index (χ3v) is 7.93. The van der Waals surface area contributed by atoms with Crippen molar-refractivity contribution in [2.75, 3.05) is 0 Å². The standard InChI is InChI=1S/C28H13NO4S/c30-24-13-5-1-3-7-15(13)26(32)21-17(24)10-12-20-23(21)29-19-11-9-18-22(28(19)34-20)27(33)16-8-4-2-6-14(16)25(18)31/h1-10,12H,11H2/p+1. The van der Waals surface area contributed by atoms with Gasteiger partial charge in [-0.25, -0.2) is 4.99 Å². The lowest BCUT2D eigenvalue weighted by Gasteiger charge is -2.26. The molecule has 0 unspecified atom stereocenters. The van der Waals surface area contributed by atoms with Crippen LogP contribution in [0.25, 0.3) is 0 Å². The van der Waals surface area contributed by atoms with Crippen LogP contribution in [-0.2, 0) is 0 Å². The lowest BCUT2D eigenvalue weighted by Crippen LogP contribution is -2.69. The van der Waals surface area contributed by atoms with Crippen LogP contribution in [0, 0.1) is 0 Å². The van der Waals surface area contributed by atoms with Gasteiger partial charge in [0.2, 0.25) is 11.5 Å². The van der Waals surface area contributed by atoms with Gasteiger partial charge in [-0.15, -0.1) is 0 Å². The fourth-order valence-corrected chi connectivity index (χ4v) is 6.29. The van der Waals surface area contributed by atoms with Gasteiger partial charge in [0, 0.05) is 33.4 Å². The highest BCUT2D eigenvalue weighted by atomic mass is 32.2. The van der Waals surface area contributed by atoms with Crippen LogP contribution in [0.5, 0.6) is 0 Å². The van der Waals surface area contributed by atoms with E-state index in [1.807, 2.05) is 0 Å². The van der Waals surface area contributed by atoms with Crippen molar-refractivity contribution >= 4 is 46.3 Å². The molecular weight excluding hydrogens is 446 g/mol. The second-order valence-corrected chi connectivity index (χ2v) is 9.55. The molecule has 0 radical (unpaired) electrons. The molecule has 3 aromatic carbocycles. The number of carbonyl (C=O) groups is 4. The number of thioether (sulfide) groups is 1. The number of Topliss-reactive ketones (excluding diaryl/α,β-unsaturated/α-hetero) is 2. The number of benzene rings is 3. The maximum Gasteiger partial charge on any atom is 0.229 e. The predicted octanol–water partition coefficient (Wildman–Crippen LogP) is 3.38. The SMILES string of the molecule is O=C1C2=CCC3=[NH+]c4c(ccc5c4C(=O)c4ccccc4C5=O)SC3=C2C(=O)c2ccccc21. The molecule has 6 heteroatoms. The summed E-state index contributed by atoms with van der Waals surface area (Å²) < 4.78 is 0. The molecule has 1 heterocycles. The minimum atomic E-state index is -0.197. The monoisotopic (exact) mass is 460 g/mol. The molecule has 5 nitrogen and oxygen atoms in total. The van der Waals surface area contributed by atoms with E-state index in [-0.39, 0.29) is 23.1 Å². The van der Waals surface area contributed by atoms with Crippen molar-refractivity contribution in [2.24, 2.45) is 0 Å². The maximum absolute atomic E-state index is 13.4. The Bertz CT molecular complexity index is 1670. The fourth-order valence-electron chi connectivity index (χ4n) is 5.12. The number of carbonyl (C=O) groups excluding carboxylic acids is 4. The van der Waals surface area contributed by atoms with E-state index < -0.39 is 0 Å². The topological polar surface area (TPSA) is 82.2 Å². The van der Waals surface area contributed by atoms with Gasteiger partial charge in [-0.05, 0) is 12.1 Å². The summed E-state index contributed by atoms with van der Waals surface area (Å²) in [6.45, 7) is 0. The molecule has 1 N–H and O–H groups in total. The van der Waals surface area contributed by atoms with Gasteiger partial charge in [-0.3, -0.25) is 19.2 Å². The zero-order valence-corrected chi connectivity index (χ0v) is 18.4. The van der Waals surface area contributed by atoms with Crippen LogP contribution in [0.2, 0.25) is 0 Å². The van der Waals surface area contributed by atoms with Crippen LogP contribution in [0.3, 0.4) is 0 Å². The molecule has 0 amide bonds. The second-order valence-electron chi connectivity index (χ2n) is 8.50. The first-order chi connectivity index (χ1) is 16.5. The van der Waals surface area contributed by atoms with Crippen molar-refractivity contribution in [1.29, 1.82) is 0 Å². The molecule has 7 rings (SSSR count). The molecule has 4 aliphatic rings. The van der Waals surface area contributed by atoms with Gasteiger partial charge in [0.15, 0.2) is 23.1 Å². The van der Waals surface area contributed by atoms with E-state index in [4.69, 9.17) is 0 Å². The summed E-state index contributed by atoms with van der Waals surface area (Å²) in [5.74, 6) is -0.698. The summed E-state index contributed by atoms with van der Waals surface area (Å²) in [7, 11) is 0. The minimum absolute atomic E-state index is 0.147. The molecule has 0 atom stereocenters. The summed E-state index contributed by atoms with van der Waals surface area (Å²) >= 11 is 1.37. The van der Waals surface area contributed by atoms with E-state index in [0.29, 0.717) is 61.5 Å². The van der Waals surface area contributed by atoms with Gasteiger partial charge in [0.1, 0.15) is 5.56 Å². The average molecular weight is 460 g/mol. The van der Waals surface area contributed by atoms with E-state index in [2.05, 4.69) is 4.99 Å². The smallest absolute Gasteiger partial charge is 0.229 e. The quantitative estimate of drug-likeness (QED) is 0.435. The number of nitrogens with one attached hydrogen (secondary N) is 1. The largest absolute Gasteiger partial charge is 0.289 e. The van der Waals surface area contributed by atoms with Crippen molar-refractivity contribution in [2.45, 2.75) is 11.3 Å². The summed E-state index contributed by atoms with van der Waals surface area (Å²) in [5.41, 5.74) is 4.54. The Labute approximate surface area is 197 Å². The van der Waals surface area contributed by atoms with E-state index in [1.54, 1.807) is 66.7 Å². The number of fused-ring (bicyclic) bond motifs is 7. The molecule has 160 valence electrons. The van der Waals surface area contributed by atoms with Crippen molar-refractivity contribution in [1.82, 2.24) is 0 Å². The number of hydrogen-bond acceptors (Lipinski definition) is 5. The molecule has 3 aromatic rings. The maximum atomic E-state index is 13.4. The van der Waals surface area contributed by atoms with Crippen molar-refractivity contribution in [3.05, 3.63) is 116 Å². The average Bonchev–Trinajstić information content (AvgIpc) is 2.88. The molecule has 0 saturated heterocycles. The molecule has 0 saturated carbocycles. The van der Waals surface area contributed by atoms with Crippen LogP contribution < -0.4 is 4.99 Å². The van der Waals surface area contributed by atoms with Gasteiger partial charge < -0.3 is 0 Å². The third-order valence-electron chi connectivity index (χ3n) is 6.71. The molecule has 0 bridgehead atoms. The first-order valence-corrected chi connectivity index (χ1v) is 11.7. The first kappa shape index (κ1) is 19.3. The van der Waals surface area contributed by atoms with Gasteiger partial charge in [0.25, 0.3) is 0 Å². The highest BCUT2D eigenvalue weighted by Gasteiger charge is 2.43. The fraction of sp³-hybridized carbons (Fsp3) is 0.0357. The minimum Gasteiger partial charge on any atom is -0.289 e. The first-order valence-electron chi connectivity index (χ1n) is 10.8. The van der Waals surface area contributed by atoms with E-state index in [1.165, 1.54) is 11.8 Å². The number of rotatable bonds is 0. The molecule has 1 aliphatic heterocycles.